The Hall–Kier alpha value is -0.260. The predicted molar refractivity (Wildman–Crippen MR) is 131 cm³/mol. The summed E-state index contributed by atoms with van der Waals surface area (Å²) in [5.41, 5.74) is 0. The van der Waals surface area contributed by atoms with E-state index in [0.29, 0.717) is 0 Å². The van der Waals surface area contributed by atoms with Gasteiger partial charge >= 0.3 is 0 Å². The molecule has 0 atom stereocenters. The maximum atomic E-state index is 2.45. The SMILES string of the molecule is CCCCCCCCCCCC/C=C/CCCCCCCCCCCCCC. The van der Waals surface area contributed by atoms with E-state index in [1.54, 1.807) is 0 Å². The van der Waals surface area contributed by atoms with Crippen LogP contribution in [0.4, 0.5) is 0 Å². The van der Waals surface area contributed by atoms with E-state index in [1.807, 2.05) is 0 Å². The van der Waals surface area contributed by atoms with Gasteiger partial charge in [-0.3, -0.25) is 0 Å². The van der Waals surface area contributed by atoms with E-state index < -0.39 is 0 Å². The van der Waals surface area contributed by atoms with Gasteiger partial charge in [0.1, 0.15) is 0 Å². The second kappa shape index (κ2) is 26.7. The minimum absolute atomic E-state index is 1.31. The van der Waals surface area contributed by atoms with Gasteiger partial charge in [0.25, 0.3) is 0 Å². The van der Waals surface area contributed by atoms with Crippen molar-refractivity contribution in [1.82, 2.24) is 0 Å². The Bertz CT molecular complexity index is 278. The molecular weight excluding hydrogens is 336 g/mol. The Labute approximate surface area is 180 Å². The van der Waals surface area contributed by atoms with E-state index in [-0.39, 0.29) is 0 Å². The first-order chi connectivity index (χ1) is 13.9. The highest BCUT2D eigenvalue weighted by atomic mass is 14.0. The van der Waals surface area contributed by atoms with Crippen LogP contribution < -0.4 is 0 Å². The third-order valence-corrected chi connectivity index (χ3v) is 6.12. The molecular formula is C28H56. The fraction of sp³-hybridized carbons (Fsp3) is 0.929. The molecule has 0 heteroatoms. The maximum absolute atomic E-state index is 2.45. The fourth-order valence-electron chi connectivity index (χ4n) is 4.09. The zero-order valence-corrected chi connectivity index (χ0v) is 20.1. The first-order valence-electron chi connectivity index (χ1n) is 13.6. The van der Waals surface area contributed by atoms with Crippen molar-refractivity contribution < 1.29 is 0 Å². The summed E-state index contributed by atoms with van der Waals surface area (Å²) in [6.45, 7) is 4.60. The standard InChI is InChI=1S/C28H56/c1-3-5-7-9-11-13-15-17-19-21-23-25-27-28-26-24-22-20-18-16-14-12-10-8-6-4-2/h25,27H,3-24,26,28H2,1-2H3/b27-25+. The molecule has 0 aliphatic heterocycles. The van der Waals surface area contributed by atoms with E-state index in [9.17, 15) is 0 Å². The molecule has 0 rings (SSSR count). The lowest BCUT2D eigenvalue weighted by molar-refractivity contribution is 0.544. The van der Waals surface area contributed by atoms with Crippen molar-refractivity contribution in [3.8, 4) is 0 Å². The number of allylic oxidation sites excluding steroid dienone is 2. The zero-order valence-electron chi connectivity index (χ0n) is 20.1. The first kappa shape index (κ1) is 27.7. The van der Waals surface area contributed by atoms with Crippen molar-refractivity contribution in [2.45, 2.75) is 168 Å². The molecule has 0 bridgehead atoms. The smallest absolute Gasteiger partial charge is 0.0351 e. The highest BCUT2D eigenvalue weighted by molar-refractivity contribution is 4.81. The Morgan fingerprint density at radius 1 is 0.286 bits per heavy atom. The lowest BCUT2D eigenvalue weighted by Gasteiger charge is -2.02. The molecule has 0 fully saturated rings. The monoisotopic (exact) mass is 392 g/mol. The van der Waals surface area contributed by atoms with Crippen LogP contribution in [0.1, 0.15) is 168 Å². The third kappa shape index (κ3) is 25.7. The summed E-state index contributed by atoms with van der Waals surface area (Å²) in [4.78, 5) is 0. The zero-order chi connectivity index (χ0) is 20.4. The molecule has 0 heterocycles. The Morgan fingerprint density at radius 3 is 0.750 bits per heavy atom. The van der Waals surface area contributed by atoms with Crippen molar-refractivity contribution in [1.29, 1.82) is 0 Å². The van der Waals surface area contributed by atoms with Crippen LogP contribution >= 0.6 is 0 Å². The molecule has 0 nitrogen and oxygen atoms in total. The van der Waals surface area contributed by atoms with Crippen LogP contribution in [0.25, 0.3) is 0 Å². The molecule has 0 saturated carbocycles. The Kier molecular flexibility index (Phi) is 26.5. The molecule has 0 aromatic carbocycles. The van der Waals surface area contributed by atoms with Gasteiger partial charge in [0.2, 0.25) is 0 Å². The van der Waals surface area contributed by atoms with E-state index in [1.165, 1.54) is 154 Å². The number of hydrogen-bond acceptors (Lipinski definition) is 0. The van der Waals surface area contributed by atoms with Crippen molar-refractivity contribution in [2.24, 2.45) is 0 Å². The van der Waals surface area contributed by atoms with Crippen LogP contribution in [0.15, 0.2) is 12.2 Å². The Morgan fingerprint density at radius 2 is 0.500 bits per heavy atom. The van der Waals surface area contributed by atoms with Gasteiger partial charge in [0.05, 0.1) is 0 Å². The lowest BCUT2D eigenvalue weighted by atomic mass is 10.0. The predicted octanol–water partition coefficient (Wildman–Crippen LogP) is 10.9. The second-order valence-corrected chi connectivity index (χ2v) is 9.12. The van der Waals surface area contributed by atoms with Crippen molar-refractivity contribution >= 4 is 0 Å². The highest BCUT2D eigenvalue weighted by Gasteiger charge is 1.94. The summed E-state index contributed by atoms with van der Waals surface area (Å²) in [7, 11) is 0. The molecule has 28 heavy (non-hydrogen) atoms. The van der Waals surface area contributed by atoms with Gasteiger partial charge in [0, 0.05) is 0 Å². The first-order valence-corrected chi connectivity index (χ1v) is 13.6. The average molecular weight is 393 g/mol. The maximum Gasteiger partial charge on any atom is -0.0351 e. The quantitative estimate of drug-likeness (QED) is 0.113. The minimum Gasteiger partial charge on any atom is -0.0885 e. The molecule has 0 unspecified atom stereocenters. The summed E-state index contributed by atoms with van der Waals surface area (Å²) in [6, 6.07) is 0. The summed E-state index contributed by atoms with van der Waals surface area (Å²) in [5.74, 6) is 0. The van der Waals surface area contributed by atoms with Gasteiger partial charge < -0.3 is 0 Å². The van der Waals surface area contributed by atoms with Crippen LogP contribution in [0.3, 0.4) is 0 Å². The summed E-state index contributed by atoms with van der Waals surface area (Å²) < 4.78 is 0. The summed E-state index contributed by atoms with van der Waals surface area (Å²) >= 11 is 0. The third-order valence-electron chi connectivity index (χ3n) is 6.12. The minimum atomic E-state index is 1.31. The molecule has 0 aromatic heterocycles. The van der Waals surface area contributed by atoms with E-state index in [2.05, 4.69) is 26.0 Å². The number of unbranched alkanes of at least 4 members (excludes halogenated alkanes) is 22. The van der Waals surface area contributed by atoms with Crippen molar-refractivity contribution in [2.75, 3.05) is 0 Å². The Balaban J connectivity index is 3.05. The second-order valence-electron chi connectivity index (χ2n) is 9.12. The van der Waals surface area contributed by atoms with Gasteiger partial charge in [-0.25, -0.2) is 0 Å². The van der Waals surface area contributed by atoms with E-state index in [4.69, 9.17) is 0 Å². The molecule has 168 valence electrons. The normalized spacial score (nSPS) is 11.6. The molecule has 0 radical (unpaired) electrons. The van der Waals surface area contributed by atoms with Crippen LogP contribution in [0.2, 0.25) is 0 Å². The highest BCUT2D eigenvalue weighted by Crippen LogP contribution is 2.13. The number of hydrogen-bond donors (Lipinski definition) is 0. The average Bonchev–Trinajstić information content (AvgIpc) is 2.71. The van der Waals surface area contributed by atoms with Crippen molar-refractivity contribution in [3.63, 3.8) is 0 Å². The largest absolute Gasteiger partial charge is 0.0885 e. The van der Waals surface area contributed by atoms with Crippen LogP contribution in [0, 0.1) is 0 Å². The molecule has 0 amide bonds. The molecule has 0 aromatic rings. The van der Waals surface area contributed by atoms with Gasteiger partial charge in [-0.15, -0.1) is 0 Å². The van der Waals surface area contributed by atoms with Gasteiger partial charge in [-0.2, -0.15) is 0 Å². The fourth-order valence-corrected chi connectivity index (χ4v) is 4.09. The van der Waals surface area contributed by atoms with E-state index >= 15 is 0 Å². The topological polar surface area (TPSA) is 0 Å². The number of rotatable bonds is 24. The lowest BCUT2D eigenvalue weighted by Crippen LogP contribution is -1.82. The molecule has 0 N–H and O–H groups in total. The van der Waals surface area contributed by atoms with Crippen LogP contribution in [0.5, 0.6) is 0 Å². The molecule has 0 saturated heterocycles. The van der Waals surface area contributed by atoms with Gasteiger partial charge in [-0.1, -0.05) is 154 Å². The van der Waals surface area contributed by atoms with E-state index in [0.717, 1.165) is 0 Å². The molecule has 0 spiro atoms. The van der Waals surface area contributed by atoms with Crippen LogP contribution in [-0.4, -0.2) is 0 Å². The summed E-state index contributed by atoms with van der Waals surface area (Å²) in [5, 5.41) is 0. The van der Waals surface area contributed by atoms with Crippen LogP contribution in [-0.2, 0) is 0 Å². The van der Waals surface area contributed by atoms with Gasteiger partial charge in [0.15, 0.2) is 0 Å². The molecule has 0 aliphatic rings. The van der Waals surface area contributed by atoms with Gasteiger partial charge in [-0.05, 0) is 25.7 Å². The molecule has 0 aliphatic carbocycles. The summed E-state index contributed by atoms with van der Waals surface area (Å²) in [6.07, 6.45) is 39.4. The van der Waals surface area contributed by atoms with Crippen molar-refractivity contribution in [3.05, 3.63) is 12.2 Å².